The highest BCUT2D eigenvalue weighted by atomic mass is 16.5. The summed E-state index contributed by atoms with van der Waals surface area (Å²) in [5, 5.41) is 3.43. The number of imidazole rings is 2. The Morgan fingerprint density at radius 2 is 2.09 bits per heavy atom. The van der Waals surface area contributed by atoms with Gasteiger partial charge in [-0.05, 0) is 46.0 Å². The summed E-state index contributed by atoms with van der Waals surface area (Å²) in [5.74, 6) is 2.55. The van der Waals surface area contributed by atoms with Gasteiger partial charge in [0.15, 0.2) is 17.0 Å². The zero-order valence-electron chi connectivity index (χ0n) is 20.7. The lowest BCUT2D eigenvalue weighted by atomic mass is 10.0. The Bertz CT molecular complexity index is 1110. The number of morpholine rings is 1. The zero-order valence-corrected chi connectivity index (χ0v) is 20.7. The summed E-state index contributed by atoms with van der Waals surface area (Å²) in [5.41, 5.74) is 3.92. The van der Waals surface area contributed by atoms with Crippen molar-refractivity contribution in [3.8, 4) is 0 Å². The molecule has 2 N–H and O–H groups in total. The minimum Gasteiger partial charge on any atom is -0.382 e. The Morgan fingerprint density at radius 1 is 1.24 bits per heavy atom. The standard InChI is InChI=1S/C24H36N8O2/c1-24(2)14-32(12-16(34-24)13-33-4)22-20-21(31(3)15-26-20)29-23(30-22)25-11-7-10-19-27-17-8-5-6-9-18(17)28-19/h15-16H,5-14H2,1-4H3,(H,27,28)(H,25,29,30)/t16-/m0/s1. The van der Waals surface area contributed by atoms with E-state index < -0.39 is 0 Å². The highest BCUT2D eigenvalue weighted by Crippen LogP contribution is 2.30. The summed E-state index contributed by atoms with van der Waals surface area (Å²) < 4.78 is 13.5. The number of methoxy groups -OCH3 is 1. The Labute approximate surface area is 200 Å². The van der Waals surface area contributed by atoms with Crippen LogP contribution < -0.4 is 10.2 Å². The van der Waals surface area contributed by atoms with Crippen molar-refractivity contribution in [1.29, 1.82) is 0 Å². The third-order valence-corrected chi connectivity index (χ3v) is 6.55. The van der Waals surface area contributed by atoms with Crippen LogP contribution in [0.2, 0.25) is 0 Å². The summed E-state index contributed by atoms with van der Waals surface area (Å²) in [6.07, 6.45) is 8.38. The van der Waals surface area contributed by atoms with Crippen molar-refractivity contribution >= 4 is 22.9 Å². The summed E-state index contributed by atoms with van der Waals surface area (Å²) >= 11 is 0. The van der Waals surface area contributed by atoms with Gasteiger partial charge >= 0.3 is 0 Å². The number of aryl methyl sites for hydroxylation is 4. The third-order valence-electron chi connectivity index (χ3n) is 6.55. The van der Waals surface area contributed by atoms with E-state index in [1.807, 2.05) is 11.6 Å². The predicted octanol–water partition coefficient (Wildman–Crippen LogP) is 2.64. The number of ether oxygens (including phenoxy) is 2. The molecule has 10 heteroatoms. The predicted molar refractivity (Wildman–Crippen MR) is 131 cm³/mol. The molecule has 0 amide bonds. The first-order valence-corrected chi connectivity index (χ1v) is 12.3. The highest BCUT2D eigenvalue weighted by Gasteiger charge is 2.35. The van der Waals surface area contributed by atoms with Gasteiger partial charge in [0, 0.05) is 45.9 Å². The van der Waals surface area contributed by atoms with E-state index in [9.17, 15) is 0 Å². The molecule has 3 aromatic rings. The minimum absolute atomic E-state index is 0.0296. The summed E-state index contributed by atoms with van der Waals surface area (Å²) in [6.45, 7) is 6.93. The van der Waals surface area contributed by atoms with Gasteiger partial charge in [-0.3, -0.25) is 0 Å². The first-order chi connectivity index (χ1) is 16.4. The normalized spacial score (nSPS) is 20.0. The maximum absolute atomic E-state index is 6.20. The molecule has 1 aliphatic carbocycles. The van der Waals surface area contributed by atoms with Gasteiger partial charge in [-0.15, -0.1) is 0 Å². The van der Waals surface area contributed by atoms with Crippen molar-refractivity contribution in [3.05, 3.63) is 23.5 Å². The van der Waals surface area contributed by atoms with E-state index in [4.69, 9.17) is 24.4 Å². The van der Waals surface area contributed by atoms with Crippen LogP contribution in [-0.2, 0) is 35.8 Å². The molecule has 2 aliphatic rings. The molecule has 5 rings (SSSR count). The Morgan fingerprint density at radius 3 is 2.91 bits per heavy atom. The molecule has 1 saturated heterocycles. The van der Waals surface area contributed by atoms with Crippen LogP contribution in [0.15, 0.2) is 6.33 Å². The largest absolute Gasteiger partial charge is 0.382 e. The summed E-state index contributed by atoms with van der Waals surface area (Å²) in [7, 11) is 3.67. The molecule has 0 radical (unpaired) electrons. The fourth-order valence-electron chi connectivity index (χ4n) is 5.11. The average Bonchev–Trinajstić information content (AvgIpc) is 3.38. The van der Waals surface area contributed by atoms with E-state index in [1.165, 1.54) is 24.2 Å². The second-order valence-electron chi connectivity index (χ2n) is 10.1. The highest BCUT2D eigenvalue weighted by molar-refractivity contribution is 5.85. The van der Waals surface area contributed by atoms with E-state index in [0.29, 0.717) is 19.1 Å². The van der Waals surface area contributed by atoms with Crippen molar-refractivity contribution in [2.45, 2.75) is 64.1 Å². The monoisotopic (exact) mass is 468 g/mol. The summed E-state index contributed by atoms with van der Waals surface area (Å²) in [6, 6.07) is 0. The molecule has 0 saturated carbocycles. The molecule has 184 valence electrons. The van der Waals surface area contributed by atoms with Gasteiger partial charge in [0.1, 0.15) is 5.82 Å². The molecule has 1 atom stereocenters. The van der Waals surface area contributed by atoms with Crippen molar-refractivity contribution in [2.75, 3.05) is 43.6 Å². The van der Waals surface area contributed by atoms with Crippen LogP contribution in [0.1, 0.15) is 50.3 Å². The lowest BCUT2D eigenvalue weighted by Gasteiger charge is -2.43. The van der Waals surface area contributed by atoms with Gasteiger partial charge in [0.25, 0.3) is 0 Å². The number of nitrogens with zero attached hydrogens (tertiary/aromatic N) is 6. The van der Waals surface area contributed by atoms with Gasteiger partial charge < -0.3 is 29.2 Å². The van der Waals surface area contributed by atoms with Crippen molar-refractivity contribution in [3.63, 3.8) is 0 Å². The van der Waals surface area contributed by atoms with Crippen molar-refractivity contribution in [2.24, 2.45) is 7.05 Å². The second kappa shape index (κ2) is 9.50. The topological polar surface area (TPSA) is 106 Å². The van der Waals surface area contributed by atoms with Gasteiger partial charge in [-0.25, -0.2) is 9.97 Å². The van der Waals surface area contributed by atoms with Gasteiger partial charge in [-0.2, -0.15) is 9.97 Å². The first-order valence-electron chi connectivity index (χ1n) is 12.3. The summed E-state index contributed by atoms with van der Waals surface area (Å²) in [4.78, 5) is 24.8. The lowest BCUT2D eigenvalue weighted by molar-refractivity contribution is -0.106. The number of nitrogens with one attached hydrogen (secondary N) is 2. The molecule has 10 nitrogen and oxygen atoms in total. The fourth-order valence-corrected chi connectivity index (χ4v) is 5.11. The molecule has 1 fully saturated rings. The van der Waals surface area contributed by atoms with Crippen LogP contribution >= 0.6 is 0 Å². The van der Waals surface area contributed by atoms with E-state index >= 15 is 0 Å². The van der Waals surface area contributed by atoms with Crippen LogP contribution in [-0.4, -0.2) is 74.5 Å². The maximum Gasteiger partial charge on any atom is 0.226 e. The SMILES string of the molecule is COC[C@@H]1CN(c2nc(NCCCc3nc4c([nH]3)CCCC4)nc3c2ncn3C)CC(C)(C)O1. The van der Waals surface area contributed by atoms with Gasteiger partial charge in [0.05, 0.1) is 30.3 Å². The number of aromatic nitrogens is 6. The molecule has 0 aromatic carbocycles. The Kier molecular flexibility index (Phi) is 6.44. The second-order valence-corrected chi connectivity index (χ2v) is 10.1. The molecular formula is C24H36N8O2. The molecule has 1 aliphatic heterocycles. The van der Waals surface area contributed by atoms with Crippen LogP contribution in [0.4, 0.5) is 11.8 Å². The number of rotatable bonds is 8. The molecule has 0 spiro atoms. The number of hydrogen-bond donors (Lipinski definition) is 2. The van der Waals surface area contributed by atoms with Gasteiger partial charge in [-0.1, -0.05) is 0 Å². The van der Waals surface area contributed by atoms with Crippen LogP contribution in [0.5, 0.6) is 0 Å². The van der Waals surface area contributed by atoms with Crippen LogP contribution in [0.25, 0.3) is 11.2 Å². The number of fused-ring (bicyclic) bond motifs is 2. The maximum atomic E-state index is 6.20. The van der Waals surface area contributed by atoms with E-state index in [0.717, 1.165) is 61.6 Å². The lowest BCUT2D eigenvalue weighted by Crippen LogP contribution is -2.54. The molecular weight excluding hydrogens is 432 g/mol. The minimum atomic E-state index is -0.316. The smallest absolute Gasteiger partial charge is 0.226 e. The van der Waals surface area contributed by atoms with E-state index in [1.54, 1.807) is 13.4 Å². The first kappa shape index (κ1) is 23.0. The average molecular weight is 469 g/mol. The molecule has 4 heterocycles. The number of aromatic amines is 1. The van der Waals surface area contributed by atoms with Crippen LogP contribution in [0.3, 0.4) is 0 Å². The Balaban J connectivity index is 1.30. The third kappa shape index (κ3) is 4.88. The fraction of sp³-hybridized carbons (Fsp3) is 0.667. The Hall–Kier alpha value is -2.72. The van der Waals surface area contributed by atoms with E-state index in [-0.39, 0.29) is 11.7 Å². The molecule has 0 bridgehead atoms. The van der Waals surface area contributed by atoms with Crippen molar-refractivity contribution in [1.82, 2.24) is 29.5 Å². The van der Waals surface area contributed by atoms with E-state index in [2.05, 4.69) is 34.0 Å². The quantitative estimate of drug-likeness (QED) is 0.486. The molecule has 34 heavy (non-hydrogen) atoms. The molecule has 0 unspecified atom stereocenters. The number of hydrogen-bond acceptors (Lipinski definition) is 8. The van der Waals surface area contributed by atoms with Gasteiger partial charge in [0.2, 0.25) is 5.95 Å². The number of H-pyrrole nitrogens is 1. The molecule has 3 aromatic heterocycles. The van der Waals surface area contributed by atoms with Crippen molar-refractivity contribution < 1.29 is 9.47 Å². The van der Waals surface area contributed by atoms with Crippen LogP contribution in [0, 0.1) is 0 Å². The number of anilines is 2. The zero-order chi connectivity index (χ0) is 23.7.